The molecule has 1 saturated carbocycles. The molecule has 5 rings (SSSR count). The quantitative estimate of drug-likeness (QED) is 0.312. The summed E-state index contributed by atoms with van der Waals surface area (Å²) in [6.45, 7) is 9.77. The standard InChI is InChI=1S/C35H42N2O3/c1-5-40-33(39)26-12-10-25(11-13-26)22-35(23-37-32(38)30-9-6-7-20-36-30)19-8-18-34(4)29-16-14-27(24(2)3)21-28(29)15-17-31(34)35/h6-7,9-14,16,20-21,24,31H,5,8,15,17-19,22-23H2,1-4H3,(H,37,38)/t31-,34-,35-/m1/s1. The van der Waals surface area contributed by atoms with E-state index in [-0.39, 0.29) is 22.7 Å². The van der Waals surface area contributed by atoms with Gasteiger partial charge in [-0.05, 0) is 108 Å². The van der Waals surface area contributed by atoms with Crippen molar-refractivity contribution >= 4 is 11.9 Å². The number of hydrogen-bond acceptors (Lipinski definition) is 4. The van der Waals surface area contributed by atoms with E-state index in [2.05, 4.69) is 61.4 Å². The van der Waals surface area contributed by atoms with Crippen LogP contribution in [0.2, 0.25) is 0 Å². The highest BCUT2D eigenvalue weighted by Crippen LogP contribution is 2.58. The zero-order valence-corrected chi connectivity index (χ0v) is 24.3. The minimum Gasteiger partial charge on any atom is -0.462 e. The largest absolute Gasteiger partial charge is 0.462 e. The van der Waals surface area contributed by atoms with E-state index in [1.165, 1.54) is 22.3 Å². The van der Waals surface area contributed by atoms with Gasteiger partial charge in [0.15, 0.2) is 0 Å². The summed E-state index contributed by atoms with van der Waals surface area (Å²) >= 11 is 0. The molecular weight excluding hydrogens is 496 g/mol. The molecule has 1 aromatic heterocycles. The molecule has 1 N–H and O–H groups in total. The lowest BCUT2D eigenvalue weighted by Crippen LogP contribution is -2.55. The Morgan fingerprint density at radius 3 is 2.58 bits per heavy atom. The van der Waals surface area contributed by atoms with E-state index in [4.69, 9.17) is 4.74 Å². The molecule has 0 unspecified atom stereocenters. The van der Waals surface area contributed by atoms with Crippen molar-refractivity contribution in [1.82, 2.24) is 10.3 Å². The molecule has 5 heteroatoms. The number of hydrogen-bond donors (Lipinski definition) is 1. The van der Waals surface area contributed by atoms with Gasteiger partial charge in [0.25, 0.3) is 5.91 Å². The fourth-order valence-electron chi connectivity index (χ4n) is 7.52. The maximum Gasteiger partial charge on any atom is 0.338 e. The third kappa shape index (κ3) is 5.43. The molecule has 0 spiro atoms. The van der Waals surface area contributed by atoms with Crippen molar-refractivity contribution in [3.8, 4) is 0 Å². The number of carbonyl (C=O) groups is 2. The summed E-state index contributed by atoms with van der Waals surface area (Å²) in [4.78, 5) is 29.7. The van der Waals surface area contributed by atoms with Crippen LogP contribution in [0.25, 0.3) is 0 Å². The molecule has 0 saturated heterocycles. The summed E-state index contributed by atoms with van der Waals surface area (Å²) in [6, 6.07) is 20.5. The van der Waals surface area contributed by atoms with Gasteiger partial charge in [-0.3, -0.25) is 9.78 Å². The van der Waals surface area contributed by atoms with Crippen LogP contribution in [0.4, 0.5) is 0 Å². The van der Waals surface area contributed by atoms with E-state index in [1.54, 1.807) is 12.3 Å². The first-order valence-electron chi connectivity index (χ1n) is 14.8. The molecule has 0 bridgehead atoms. The highest BCUT2D eigenvalue weighted by atomic mass is 16.5. The zero-order valence-electron chi connectivity index (χ0n) is 24.3. The van der Waals surface area contributed by atoms with Gasteiger partial charge in [0.05, 0.1) is 12.2 Å². The molecule has 3 aromatic rings. The van der Waals surface area contributed by atoms with Crippen molar-refractivity contribution in [3.63, 3.8) is 0 Å². The van der Waals surface area contributed by atoms with Crippen molar-refractivity contribution in [2.24, 2.45) is 11.3 Å². The predicted molar refractivity (Wildman–Crippen MR) is 159 cm³/mol. The van der Waals surface area contributed by atoms with Crippen LogP contribution >= 0.6 is 0 Å². The van der Waals surface area contributed by atoms with E-state index >= 15 is 0 Å². The lowest BCUT2D eigenvalue weighted by atomic mass is 9.48. The van der Waals surface area contributed by atoms with Crippen LogP contribution in [0.5, 0.6) is 0 Å². The molecule has 0 radical (unpaired) electrons. The Balaban J connectivity index is 1.49. The molecular formula is C35H42N2O3. The van der Waals surface area contributed by atoms with Crippen LogP contribution in [0.1, 0.15) is 102 Å². The monoisotopic (exact) mass is 538 g/mol. The first kappa shape index (κ1) is 28.1. The molecule has 210 valence electrons. The Labute approximate surface area is 238 Å². The Hall–Kier alpha value is -3.47. The highest BCUT2D eigenvalue weighted by molar-refractivity contribution is 5.92. The summed E-state index contributed by atoms with van der Waals surface area (Å²) < 4.78 is 5.19. The van der Waals surface area contributed by atoms with Crippen LogP contribution in [0.15, 0.2) is 66.9 Å². The minimum absolute atomic E-state index is 0.0436. The van der Waals surface area contributed by atoms with Gasteiger partial charge in [-0.2, -0.15) is 0 Å². The number of rotatable bonds is 8. The number of fused-ring (bicyclic) bond motifs is 3. The normalized spacial score (nSPS) is 23.7. The van der Waals surface area contributed by atoms with Crippen LogP contribution in [-0.4, -0.2) is 30.0 Å². The summed E-state index contributed by atoms with van der Waals surface area (Å²) in [5.74, 6) is 0.518. The van der Waals surface area contributed by atoms with Gasteiger partial charge in [-0.25, -0.2) is 4.79 Å². The highest BCUT2D eigenvalue weighted by Gasteiger charge is 2.53. The maximum atomic E-state index is 13.2. The molecule has 2 aliphatic carbocycles. The number of aryl methyl sites for hydroxylation is 1. The third-order valence-corrected chi connectivity index (χ3v) is 9.51. The first-order valence-corrected chi connectivity index (χ1v) is 14.8. The number of amides is 1. The molecule has 0 aliphatic heterocycles. The average molecular weight is 539 g/mol. The van der Waals surface area contributed by atoms with Gasteiger partial charge in [-0.1, -0.05) is 63.6 Å². The lowest BCUT2D eigenvalue weighted by Gasteiger charge is -2.57. The van der Waals surface area contributed by atoms with Crippen LogP contribution in [0.3, 0.4) is 0 Å². The lowest BCUT2D eigenvalue weighted by molar-refractivity contribution is 0.0111. The fraction of sp³-hybridized carbons (Fsp3) is 0.457. The number of aromatic nitrogens is 1. The van der Waals surface area contributed by atoms with Crippen LogP contribution < -0.4 is 5.32 Å². The molecule has 2 aliphatic rings. The zero-order chi connectivity index (χ0) is 28.3. The molecule has 5 nitrogen and oxygen atoms in total. The molecule has 1 amide bonds. The van der Waals surface area contributed by atoms with E-state index in [0.29, 0.717) is 36.2 Å². The van der Waals surface area contributed by atoms with Crippen molar-refractivity contribution in [3.05, 3.63) is 100 Å². The maximum absolute atomic E-state index is 13.2. The molecule has 1 heterocycles. The van der Waals surface area contributed by atoms with E-state index in [9.17, 15) is 9.59 Å². The second-order valence-electron chi connectivity index (χ2n) is 12.3. The number of benzene rings is 2. The van der Waals surface area contributed by atoms with E-state index in [1.807, 2.05) is 31.2 Å². The van der Waals surface area contributed by atoms with Crippen molar-refractivity contribution in [2.75, 3.05) is 13.2 Å². The number of esters is 1. The number of nitrogens with zero attached hydrogens (tertiary/aromatic N) is 1. The van der Waals surface area contributed by atoms with Gasteiger partial charge in [0.1, 0.15) is 5.69 Å². The second-order valence-corrected chi connectivity index (χ2v) is 12.3. The average Bonchev–Trinajstić information content (AvgIpc) is 2.96. The van der Waals surface area contributed by atoms with Gasteiger partial charge in [-0.15, -0.1) is 0 Å². The smallest absolute Gasteiger partial charge is 0.338 e. The summed E-state index contributed by atoms with van der Waals surface area (Å²) in [5, 5.41) is 3.30. The van der Waals surface area contributed by atoms with E-state index in [0.717, 1.165) is 38.5 Å². The Morgan fingerprint density at radius 1 is 1.07 bits per heavy atom. The Morgan fingerprint density at radius 2 is 1.88 bits per heavy atom. The summed E-state index contributed by atoms with van der Waals surface area (Å²) in [5.41, 5.74) is 6.54. The van der Waals surface area contributed by atoms with Crippen LogP contribution in [0, 0.1) is 11.3 Å². The number of nitrogens with one attached hydrogen (secondary N) is 1. The molecule has 40 heavy (non-hydrogen) atoms. The Bertz CT molecular complexity index is 1350. The summed E-state index contributed by atoms with van der Waals surface area (Å²) in [6.07, 6.45) is 7.99. The van der Waals surface area contributed by atoms with Crippen molar-refractivity contribution in [1.29, 1.82) is 0 Å². The second kappa shape index (κ2) is 11.6. The van der Waals surface area contributed by atoms with Gasteiger partial charge < -0.3 is 10.1 Å². The number of ether oxygens (including phenoxy) is 1. The first-order chi connectivity index (χ1) is 19.3. The third-order valence-electron chi connectivity index (χ3n) is 9.51. The topological polar surface area (TPSA) is 68.3 Å². The van der Waals surface area contributed by atoms with Gasteiger partial charge in [0, 0.05) is 12.7 Å². The van der Waals surface area contributed by atoms with Gasteiger partial charge >= 0.3 is 5.97 Å². The number of carbonyl (C=O) groups excluding carboxylic acids is 2. The molecule has 2 aromatic carbocycles. The molecule has 1 fully saturated rings. The summed E-state index contributed by atoms with van der Waals surface area (Å²) in [7, 11) is 0. The Kier molecular flexibility index (Phi) is 8.11. The van der Waals surface area contributed by atoms with Gasteiger partial charge in [0.2, 0.25) is 0 Å². The van der Waals surface area contributed by atoms with Crippen molar-refractivity contribution in [2.45, 2.75) is 77.6 Å². The van der Waals surface area contributed by atoms with Crippen molar-refractivity contribution < 1.29 is 14.3 Å². The SMILES string of the molecule is CCOC(=O)c1ccc(C[C@@]2(CNC(=O)c3ccccn3)CCC[C@]3(C)c4ccc(C(C)C)cc4CC[C@@H]23)cc1. The minimum atomic E-state index is -0.290. The fourth-order valence-corrected chi connectivity index (χ4v) is 7.52. The number of pyridine rings is 1. The predicted octanol–water partition coefficient (Wildman–Crippen LogP) is 7.04. The molecule has 3 atom stereocenters. The van der Waals surface area contributed by atoms with E-state index < -0.39 is 0 Å². The van der Waals surface area contributed by atoms with Crippen LogP contribution in [-0.2, 0) is 23.0 Å².